The highest BCUT2D eigenvalue weighted by Crippen LogP contribution is 2.50. The Morgan fingerprint density at radius 2 is 2.12 bits per heavy atom. The molecule has 2 aliphatic heterocycles. The minimum Gasteiger partial charge on any atom is -0.449 e. The number of nitrogens with zero attached hydrogens (tertiary/aromatic N) is 1. The summed E-state index contributed by atoms with van der Waals surface area (Å²) in [4.78, 5) is 13.9. The van der Waals surface area contributed by atoms with E-state index in [0.717, 1.165) is 19.6 Å². The van der Waals surface area contributed by atoms with Crippen molar-refractivity contribution in [2.75, 3.05) is 58.3 Å². The van der Waals surface area contributed by atoms with Gasteiger partial charge in [0, 0.05) is 26.2 Å². The maximum Gasteiger partial charge on any atom is 0.407 e. The molecule has 0 radical (unpaired) electrons. The third-order valence-corrected chi connectivity index (χ3v) is 7.54. The molecule has 0 saturated carbocycles. The number of hydrogen-bond donors (Lipinski definition) is 1. The van der Waals surface area contributed by atoms with Crippen molar-refractivity contribution in [3.63, 3.8) is 0 Å². The minimum atomic E-state index is -0.371. The Morgan fingerprint density at radius 1 is 1.36 bits per heavy atom. The van der Waals surface area contributed by atoms with Crippen molar-refractivity contribution in [2.45, 2.75) is 36.8 Å². The Bertz CT molecular complexity index is 406. The summed E-state index contributed by atoms with van der Waals surface area (Å²) >= 11 is 4.20. The summed E-state index contributed by atoms with van der Waals surface area (Å²) < 4.78 is 16.6. The van der Waals surface area contributed by atoms with Crippen LogP contribution in [0.2, 0.25) is 0 Å². The molecule has 25 heavy (non-hydrogen) atoms. The van der Waals surface area contributed by atoms with Crippen LogP contribution in [0.3, 0.4) is 0 Å². The summed E-state index contributed by atoms with van der Waals surface area (Å²) in [5, 5.41) is 2.72. The second kappa shape index (κ2) is 10.9. The van der Waals surface area contributed by atoms with Gasteiger partial charge in [-0.05, 0) is 30.3 Å². The molecule has 2 rings (SSSR count). The fourth-order valence-electron chi connectivity index (χ4n) is 3.03. The molecule has 0 aromatic carbocycles. The summed E-state index contributed by atoms with van der Waals surface area (Å²) in [5.74, 6) is 2.85. The van der Waals surface area contributed by atoms with Crippen LogP contribution in [0, 0.1) is 5.92 Å². The topological polar surface area (TPSA) is 60.0 Å². The molecule has 0 aliphatic carbocycles. The average molecular weight is 393 g/mol. The first-order valence-corrected chi connectivity index (χ1v) is 11.0. The van der Waals surface area contributed by atoms with E-state index in [4.69, 9.17) is 14.2 Å². The predicted molar refractivity (Wildman–Crippen MR) is 104 cm³/mol. The van der Waals surface area contributed by atoms with Crippen LogP contribution in [0.1, 0.15) is 26.7 Å². The standard InChI is InChI=1S/C17H32N2O4S2/c1-14(2)10-23-16(20)18-5-6-22-13-19-12-17(9-15(19)11-21-3)24-7-4-8-25-17/h14-15H,4-13H2,1-3H3,(H,18,20)/t15-/m0/s1. The second-order valence-electron chi connectivity index (χ2n) is 6.98. The number of rotatable bonds is 9. The van der Waals surface area contributed by atoms with Crippen molar-refractivity contribution in [1.82, 2.24) is 10.2 Å². The molecule has 146 valence electrons. The van der Waals surface area contributed by atoms with Crippen molar-refractivity contribution in [3.05, 3.63) is 0 Å². The van der Waals surface area contributed by atoms with Gasteiger partial charge in [0.1, 0.15) is 0 Å². The molecule has 2 aliphatic rings. The summed E-state index contributed by atoms with van der Waals surface area (Å²) in [5.41, 5.74) is 0. The zero-order valence-corrected chi connectivity index (χ0v) is 17.3. The molecule has 1 atom stereocenters. The average Bonchev–Trinajstić information content (AvgIpc) is 2.90. The zero-order valence-electron chi connectivity index (χ0n) is 15.6. The van der Waals surface area contributed by atoms with E-state index in [1.54, 1.807) is 7.11 Å². The molecule has 1 amide bonds. The van der Waals surface area contributed by atoms with Crippen LogP contribution in [0.15, 0.2) is 0 Å². The Balaban J connectivity index is 1.65. The molecule has 0 aromatic heterocycles. The minimum absolute atomic E-state index is 0.309. The van der Waals surface area contributed by atoms with Gasteiger partial charge in [-0.3, -0.25) is 4.90 Å². The lowest BCUT2D eigenvalue weighted by Crippen LogP contribution is -2.37. The van der Waals surface area contributed by atoms with Gasteiger partial charge in [-0.25, -0.2) is 4.79 Å². The van der Waals surface area contributed by atoms with Crippen molar-refractivity contribution in [1.29, 1.82) is 0 Å². The lowest BCUT2D eigenvalue weighted by molar-refractivity contribution is 0.00426. The fourth-order valence-corrected chi connectivity index (χ4v) is 6.50. The SMILES string of the molecule is COC[C@@H]1CC2(CN1COCCNC(=O)OCC(C)C)SCCCS2. The summed E-state index contributed by atoms with van der Waals surface area (Å²) in [7, 11) is 1.76. The van der Waals surface area contributed by atoms with Gasteiger partial charge in [0.05, 0.1) is 30.6 Å². The molecule has 0 aromatic rings. The molecule has 0 bridgehead atoms. The number of amides is 1. The molecule has 2 fully saturated rings. The van der Waals surface area contributed by atoms with E-state index in [2.05, 4.69) is 33.7 Å². The Morgan fingerprint density at radius 3 is 2.80 bits per heavy atom. The van der Waals surface area contributed by atoms with E-state index in [-0.39, 0.29) is 6.09 Å². The highest BCUT2D eigenvalue weighted by Gasteiger charge is 2.45. The van der Waals surface area contributed by atoms with Crippen LogP contribution in [0.4, 0.5) is 4.79 Å². The molecule has 6 nitrogen and oxygen atoms in total. The first kappa shape index (κ1) is 21.2. The summed E-state index contributed by atoms with van der Waals surface area (Å²) in [6.07, 6.45) is 2.09. The Kier molecular flexibility index (Phi) is 9.20. The fraction of sp³-hybridized carbons (Fsp3) is 0.941. The van der Waals surface area contributed by atoms with Gasteiger partial charge in [0.25, 0.3) is 0 Å². The van der Waals surface area contributed by atoms with Gasteiger partial charge in [0.15, 0.2) is 0 Å². The van der Waals surface area contributed by atoms with Crippen molar-refractivity contribution >= 4 is 29.6 Å². The van der Waals surface area contributed by atoms with E-state index in [1.807, 2.05) is 13.8 Å². The number of likely N-dealkylation sites (tertiary alicyclic amines) is 1. The maximum absolute atomic E-state index is 11.5. The summed E-state index contributed by atoms with van der Waals surface area (Å²) in [6.45, 7) is 7.79. The highest BCUT2D eigenvalue weighted by molar-refractivity contribution is 8.18. The maximum atomic E-state index is 11.5. The van der Waals surface area contributed by atoms with Gasteiger partial charge in [-0.15, -0.1) is 23.5 Å². The van der Waals surface area contributed by atoms with Gasteiger partial charge >= 0.3 is 6.09 Å². The normalized spacial score (nSPS) is 23.3. The van der Waals surface area contributed by atoms with Crippen molar-refractivity contribution in [2.24, 2.45) is 5.92 Å². The molecule has 8 heteroatoms. The van der Waals surface area contributed by atoms with Gasteiger partial charge in [-0.2, -0.15) is 0 Å². The largest absolute Gasteiger partial charge is 0.449 e. The number of carbonyl (C=O) groups is 1. The predicted octanol–water partition coefficient (Wildman–Crippen LogP) is 2.63. The third-order valence-electron chi connectivity index (χ3n) is 4.21. The van der Waals surface area contributed by atoms with E-state index >= 15 is 0 Å². The number of ether oxygens (including phenoxy) is 3. The third kappa shape index (κ3) is 7.17. The number of alkyl carbamates (subject to hydrolysis) is 1. The van der Waals surface area contributed by atoms with Crippen LogP contribution in [0.25, 0.3) is 0 Å². The molecule has 1 spiro atoms. The van der Waals surface area contributed by atoms with Crippen LogP contribution in [-0.2, 0) is 14.2 Å². The zero-order chi connectivity index (χ0) is 18.1. The van der Waals surface area contributed by atoms with Crippen LogP contribution < -0.4 is 5.32 Å². The van der Waals surface area contributed by atoms with Crippen LogP contribution in [0.5, 0.6) is 0 Å². The highest BCUT2D eigenvalue weighted by atomic mass is 32.2. The van der Waals surface area contributed by atoms with Crippen LogP contribution >= 0.6 is 23.5 Å². The van der Waals surface area contributed by atoms with Crippen molar-refractivity contribution < 1.29 is 19.0 Å². The van der Waals surface area contributed by atoms with Crippen LogP contribution in [-0.4, -0.2) is 79.4 Å². The lowest BCUT2D eigenvalue weighted by atomic mass is 10.2. The first-order valence-electron chi connectivity index (χ1n) is 9.04. The number of carbonyl (C=O) groups excluding carboxylic acids is 1. The second-order valence-corrected chi connectivity index (χ2v) is 10.2. The smallest absolute Gasteiger partial charge is 0.407 e. The van der Waals surface area contributed by atoms with E-state index < -0.39 is 0 Å². The quantitative estimate of drug-likeness (QED) is 0.605. The molecular formula is C17H32N2O4S2. The van der Waals surface area contributed by atoms with Gasteiger partial charge < -0.3 is 19.5 Å². The van der Waals surface area contributed by atoms with Gasteiger partial charge in [0.2, 0.25) is 0 Å². The molecular weight excluding hydrogens is 360 g/mol. The van der Waals surface area contributed by atoms with Gasteiger partial charge in [-0.1, -0.05) is 13.8 Å². The Hall–Kier alpha value is -0.150. The van der Waals surface area contributed by atoms with E-state index in [9.17, 15) is 4.79 Å². The molecule has 1 N–H and O–H groups in total. The molecule has 2 saturated heterocycles. The number of hydrogen-bond acceptors (Lipinski definition) is 7. The first-order chi connectivity index (χ1) is 12.0. The number of thioether (sulfide) groups is 2. The molecule has 0 unspecified atom stereocenters. The monoisotopic (exact) mass is 392 g/mol. The number of nitrogens with one attached hydrogen (secondary N) is 1. The lowest BCUT2D eigenvalue weighted by Gasteiger charge is -2.32. The molecule has 2 heterocycles. The number of methoxy groups -OCH3 is 1. The van der Waals surface area contributed by atoms with E-state index in [0.29, 0.717) is 42.5 Å². The Labute approximate surface area is 160 Å². The van der Waals surface area contributed by atoms with Crippen molar-refractivity contribution in [3.8, 4) is 0 Å². The summed E-state index contributed by atoms with van der Waals surface area (Å²) in [6, 6.07) is 0.409. The van der Waals surface area contributed by atoms with E-state index in [1.165, 1.54) is 17.9 Å².